The number of aromatic nitrogens is 1. The standard InChI is InChI=1S/C15H18F2N2OS/c1-21(2,20)19-5-3-10(4-6-19)12-9-18-14-8-11(16)7-13(17)15(12)14/h7-10,18H,1,3-6H2,2H3. The Bertz CT molecular complexity index is 774. The molecule has 1 aliphatic heterocycles. The molecule has 1 saturated heterocycles. The summed E-state index contributed by atoms with van der Waals surface area (Å²) < 4.78 is 41.1. The molecule has 1 atom stereocenters. The summed E-state index contributed by atoms with van der Waals surface area (Å²) in [6, 6.07) is 2.23. The van der Waals surface area contributed by atoms with Gasteiger partial charge in [-0.15, -0.1) is 0 Å². The van der Waals surface area contributed by atoms with Crippen molar-refractivity contribution in [3.05, 3.63) is 35.5 Å². The third kappa shape index (κ3) is 2.70. The summed E-state index contributed by atoms with van der Waals surface area (Å²) in [5.41, 5.74) is 1.37. The number of hydrogen-bond acceptors (Lipinski definition) is 1. The van der Waals surface area contributed by atoms with Crippen LogP contribution in [-0.4, -0.2) is 38.7 Å². The highest BCUT2D eigenvalue weighted by molar-refractivity contribution is 7.97. The van der Waals surface area contributed by atoms with Gasteiger partial charge in [-0.1, -0.05) is 0 Å². The molecule has 0 bridgehead atoms. The molecule has 114 valence electrons. The lowest BCUT2D eigenvalue weighted by molar-refractivity contribution is 0.335. The molecule has 3 rings (SSSR count). The molecule has 0 aliphatic carbocycles. The lowest BCUT2D eigenvalue weighted by Crippen LogP contribution is -2.37. The zero-order chi connectivity index (χ0) is 15.2. The predicted molar refractivity (Wildman–Crippen MR) is 83.0 cm³/mol. The average Bonchev–Trinajstić information content (AvgIpc) is 2.81. The van der Waals surface area contributed by atoms with Crippen LogP contribution in [0.25, 0.3) is 10.9 Å². The Hall–Kier alpha value is -1.40. The Morgan fingerprint density at radius 2 is 2.00 bits per heavy atom. The second-order valence-corrected chi connectivity index (χ2v) is 8.15. The van der Waals surface area contributed by atoms with Crippen LogP contribution in [0.1, 0.15) is 24.3 Å². The van der Waals surface area contributed by atoms with Crippen molar-refractivity contribution in [2.45, 2.75) is 18.8 Å². The summed E-state index contributed by atoms with van der Waals surface area (Å²) in [5, 5.41) is 0.474. The molecule has 2 aromatic rings. The highest BCUT2D eigenvalue weighted by Gasteiger charge is 2.26. The van der Waals surface area contributed by atoms with Gasteiger partial charge < -0.3 is 4.98 Å². The van der Waals surface area contributed by atoms with Gasteiger partial charge in [0.2, 0.25) is 0 Å². The lowest BCUT2D eigenvalue weighted by Gasteiger charge is -2.32. The van der Waals surface area contributed by atoms with Gasteiger partial charge in [0, 0.05) is 46.7 Å². The molecular weight excluding hydrogens is 294 g/mol. The maximum Gasteiger partial charge on any atom is 0.135 e. The fourth-order valence-electron chi connectivity index (χ4n) is 3.08. The maximum atomic E-state index is 14.0. The Labute approximate surface area is 123 Å². The first-order valence-corrected chi connectivity index (χ1v) is 8.99. The monoisotopic (exact) mass is 312 g/mol. The highest BCUT2D eigenvalue weighted by Crippen LogP contribution is 2.35. The number of piperidine rings is 1. The Morgan fingerprint density at radius 3 is 2.62 bits per heavy atom. The molecule has 0 amide bonds. The van der Waals surface area contributed by atoms with Crippen molar-refractivity contribution >= 4 is 26.5 Å². The molecule has 0 radical (unpaired) electrons. The zero-order valence-corrected chi connectivity index (χ0v) is 12.7. The van der Waals surface area contributed by atoms with E-state index in [2.05, 4.69) is 10.9 Å². The van der Waals surface area contributed by atoms with Crippen molar-refractivity contribution in [1.82, 2.24) is 9.29 Å². The number of hydrogen-bond donors (Lipinski definition) is 1. The van der Waals surface area contributed by atoms with Crippen LogP contribution in [0.3, 0.4) is 0 Å². The van der Waals surface area contributed by atoms with Crippen molar-refractivity contribution in [2.24, 2.45) is 0 Å². The van der Waals surface area contributed by atoms with E-state index in [-0.39, 0.29) is 5.92 Å². The number of H-pyrrole nitrogens is 1. The summed E-state index contributed by atoms with van der Waals surface area (Å²) in [5.74, 6) is 2.79. The molecule has 0 saturated carbocycles. The van der Waals surface area contributed by atoms with Gasteiger partial charge in [0.1, 0.15) is 11.6 Å². The molecule has 1 unspecified atom stereocenters. The van der Waals surface area contributed by atoms with Crippen molar-refractivity contribution in [2.75, 3.05) is 19.3 Å². The predicted octanol–water partition coefficient (Wildman–Crippen LogP) is 2.89. The van der Waals surface area contributed by atoms with Crippen LogP contribution in [0, 0.1) is 11.6 Å². The molecule has 3 nitrogen and oxygen atoms in total. The minimum absolute atomic E-state index is 0.191. The van der Waals surface area contributed by atoms with E-state index in [4.69, 9.17) is 0 Å². The van der Waals surface area contributed by atoms with Crippen LogP contribution >= 0.6 is 0 Å². The van der Waals surface area contributed by atoms with Crippen LogP contribution in [0.2, 0.25) is 0 Å². The third-order valence-corrected chi connectivity index (χ3v) is 5.62. The molecule has 1 fully saturated rings. The fraction of sp³-hybridized carbons (Fsp3) is 0.400. The Morgan fingerprint density at radius 1 is 1.33 bits per heavy atom. The van der Waals surface area contributed by atoms with Crippen LogP contribution in [-0.2, 0) is 9.71 Å². The Kier molecular flexibility index (Phi) is 3.53. The van der Waals surface area contributed by atoms with Gasteiger partial charge in [-0.05, 0) is 36.3 Å². The number of nitrogens with one attached hydrogen (secondary N) is 1. The van der Waals surface area contributed by atoms with Crippen LogP contribution in [0.15, 0.2) is 18.3 Å². The van der Waals surface area contributed by atoms with E-state index < -0.39 is 21.3 Å². The molecule has 6 heteroatoms. The van der Waals surface area contributed by atoms with Crippen LogP contribution in [0.4, 0.5) is 8.78 Å². The number of aromatic amines is 1. The van der Waals surface area contributed by atoms with Crippen molar-refractivity contribution in [1.29, 1.82) is 0 Å². The van der Waals surface area contributed by atoms with Crippen molar-refractivity contribution in [3.63, 3.8) is 0 Å². The summed E-state index contributed by atoms with van der Waals surface area (Å²) in [6.45, 7) is 1.36. The van der Waals surface area contributed by atoms with Gasteiger partial charge in [0.05, 0.1) is 5.52 Å². The topological polar surface area (TPSA) is 36.1 Å². The summed E-state index contributed by atoms with van der Waals surface area (Å²) in [6.07, 6.45) is 5.00. The lowest BCUT2D eigenvalue weighted by atomic mass is 9.90. The first kappa shape index (κ1) is 14.5. The number of benzene rings is 1. The minimum Gasteiger partial charge on any atom is -0.361 e. The largest absolute Gasteiger partial charge is 0.361 e. The Balaban J connectivity index is 1.90. The first-order valence-electron chi connectivity index (χ1n) is 6.89. The SMILES string of the molecule is C=S(C)(=O)N1CCC(c2c[nH]c3cc(F)cc(F)c23)CC1. The van der Waals surface area contributed by atoms with E-state index in [1.165, 1.54) is 6.07 Å². The van der Waals surface area contributed by atoms with Gasteiger partial charge >= 0.3 is 0 Å². The molecule has 1 aromatic carbocycles. The van der Waals surface area contributed by atoms with Gasteiger partial charge in [-0.3, -0.25) is 4.21 Å². The van der Waals surface area contributed by atoms with Gasteiger partial charge in [0.15, 0.2) is 0 Å². The summed E-state index contributed by atoms with van der Waals surface area (Å²) in [7, 11) is -2.17. The average molecular weight is 312 g/mol. The van der Waals surface area contributed by atoms with E-state index in [0.29, 0.717) is 24.0 Å². The summed E-state index contributed by atoms with van der Waals surface area (Å²) >= 11 is 0. The number of nitrogens with zero attached hydrogens (tertiary/aromatic N) is 1. The molecule has 2 heterocycles. The van der Waals surface area contributed by atoms with Gasteiger partial charge in [0.25, 0.3) is 0 Å². The minimum atomic E-state index is -2.17. The maximum absolute atomic E-state index is 14.0. The molecule has 21 heavy (non-hydrogen) atoms. The van der Waals surface area contributed by atoms with Crippen molar-refractivity contribution < 1.29 is 13.0 Å². The van der Waals surface area contributed by atoms with Crippen LogP contribution < -0.4 is 0 Å². The molecule has 1 aromatic heterocycles. The van der Waals surface area contributed by atoms with E-state index in [0.717, 1.165) is 24.5 Å². The third-order valence-electron chi connectivity index (χ3n) is 4.17. The van der Waals surface area contributed by atoms with Crippen molar-refractivity contribution in [3.8, 4) is 0 Å². The molecule has 1 N–H and O–H groups in total. The van der Waals surface area contributed by atoms with Gasteiger partial charge in [-0.2, -0.15) is 0 Å². The molecule has 1 aliphatic rings. The number of rotatable bonds is 2. The second kappa shape index (κ2) is 5.10. The van der Waals surface area contributed by atoms with Crippen LogP contribution in [0.5, 0.6) is 0 Å². The normalized spacial score (nSPS) is 20.7. The fourth-order valence-corrected chi connectivity index (χ4v) is 4.07. The smallest absolute Gasteiger partial charge is 0.135 e. The first-order chi connectivity index (χ1) is 9.86. The van der Waals surface area contributed by atoms with E-state index in [9.17, 15) is 13.0 Å². The van der Waals surface area contributed by atoms with E-state index >= 15 is 0 Å². The van der Waals surface area contributed by atoms with E-state index in [1.807, 2.05) is 4.31 Å². The van der Waals surface area contributed by atoms with E-state index in [1.54, 1.807) is 12.5 Å². The second-order valence-electron chi connectivity index (χ2n) is 5.72. The molecule has 0 spiro atoms. The zero-order valence-electron chi connectivity index (χ0n) is 11.9. The molecular formula is C15H18F2N2OS. The quantitative estimate of drug-likeness (QED) is 0.851. The summed E-state index contributed by atoms with van der Waals surface area (Å²) in [4.78, 5) is 2.95. The highest BCUT2D eigenvalue weighted by atomic mass is 32.2. The number of halogens is 2. The van der Waals surface area contributed by atoms with Gasteiger partial charge in [-0.25, -0.2) is 13.1 Å². The number of fused-ring (bicyclic) bond motifs is 1.